The van der Waals surface area contributed by atoms with E-state index >= 15 is 0 Å². The Morgan fingerprint density at radius 1 is 0.923 bits per heavy atom. The quantitative estimate of drug-likeness (QED) is 0.690. The Balaban J connectivity index is 2.03. The van der Waals surface area contributed by atoms with Gasteiger partial charge in [0.2, 0.25) is 0 Å². The molecule has 0 amide bonds. The van der Waals surface area contributed by atoms with Crippen molar-refractivity contribution in [1.82, 2.24) is 0 Å². The number of halogens is 1. The minimum Gasteiger partial charge on any atom is -0.279 e. The number of benzene rings is 3. The molecule has 1 N–H and O–H groups in total. The topological polar surface area (TPSA) is 46.2 Å². The third kappa shape index (κ3) is 3.68. The molecule has 3 rings (SSSR count). The first-order valence-electron chi connectivity index (χ1n) is 8.01. The number of hydrogen-bond donors (Lipinski definition) is 1. The second-order valence-corrected chi connectivity index (χ2v) is 7.61. The van der Waals surface area contributed by atoms with Crippen molar-refractivity contribution in [3.05, 3.63) is 102 Å². The lowest BCUT2D eigenvalue weighted by atomic mass is 9.98. The molecule has 0 aliphatic rings. The fraction of sp³-hybridized carbons (Fsp3) is 0.0476. The average molecular weight is 367 g/mol. The molecular formula is C21H18FNO2S. The number of anilines is 1. The molecule has 0 aliphatic heterocycles. The van der Waals surface area contributed by atoms with Gasteiger partial charge < -0.3 is 0 Å². The first-order valence-corrected chi connectivity index (χ1v) is 9.49. The van der Waals surface area contributed by atoms with Crippen LogP contribution in [0.25, 0.3) is 5.57 Å². The summed E-state index contributed by atoms with van der Waals surface area (Å²) in [6, 6.07) is 19.8. The maximum atomic E-state index is 14.5. The predicted molar refractivity (Wildman–Crippen MR) is 103 cm³/mol. The van der Waals surface area contributed by atoms with Crippen LogP contribution in [0.4, 0.5) is 10.1 Å². The molecule has 0 saturated heterocycles. The Labute approximate surface area is 152 Å². The minimum absolute atomic E-state index is 0.114. The Kier molecular flexibility index (Phi) is 4.91. The van der Waals surface area contributed by atoms with Crippen molar-refractivity contribution in [1.29, 1.82) is 0 Å². The predicted octanol–water partition coefficient (Wildman–Crippen LogP) is 5.00. The van der Waals surface area contributed by atoms with E-state index in [-0.39, 0.29) is 16.1 Å². The van der Waals surface area contributed by atoms with E-state index < -0.39 is 15.8 Å². The fourth-order valence-electron chi connectivity index (χ4n) is 2.62. The number of hydrogen-bond acceptors (Lipinski definition) is 2. The second-order valence-electron chi connectivity index (χ2n) is 5.93. The number of nitrogens with one attached hydrogen (secondary N) is 1. The summed E-state index contributed by atoms with van der Waals surface area (Å²) in [5.74, 6) is -0.539. The lowest BCUT2D eigenvalue weighted by Crippen LogP contribution is -2.14. The van der Waals surface area contributed by atoms with Gasteiger partial charge >= 0.3 is 0 Å². The smallest absolute Gasteiger partial charge is 0.261 e. The summed E-state index contributed by atoms with van der Waals surface area (Å²) in [5, 5.41) is 0. The molecule has 3 nitrogen and oxygen atoms in total. The molecular weight excluding hydrogens is 349 g/mol. The summed E-state index contributed by atoms with van der Waals surface area (Å²) < 4.78 is 42.4. The highest BCUT2D eigenvalue weighted by Crippen LogP contribution is 2.32. The molecule has 3 aromatic rings. The van der Waals surface area contributed by atoms with Gasteiger partial charge in [0.15, 0.2) is 0 Å². The van der Waals surface area contributed by atoms with E-state index in [4.69, 9.17) is 0 Å². The Morgan fingerprint density at radius 3 is 2.23 bits per heavy atom. The molecule has 0 radical (unpaired) electrons. The maximum Gasteiger partial charge on any atom is 0.261 e. The van der Waals surface area contributed by atoms with Crippen molar-refractivity contribution in [2.75, 3.05) is 4.72 Å². The zero-order valence-corrected chi connectivity index (χ0v) is 15.1. The molecule has 0 unspecified atom stereocenters. The van der Waals surface area contributed by atoms with Crippen LogP contribution in [0.2, 0.25) is 0 Å². The summed E-state index contributed by atoms with van der Waals surface area (Å²) in [5.41, 5.74) is 2.36. The van der Waals surface area contributed by atoms with Gasteiger partial charge in [-0.25, -0.2) is 12.8 Å². The average Bonchev–Trinajstić information content (AvgIpc) is 2.62. The van der Waals surface area contributed by atoms with Crippen LogP contribution in [0.15, 0.2) is 84.3 Å². The van der Waals surface area contributed by atoms with E-state index in [0.717, 1.165) is 5.56 Å². The largest absolute Gasteiger partial charge is 0.279 e. The number of rotatable bonds is 5. The van der Waals surface area contributed by atoms with Gasteiger partial charge in [-0.2, -0.15) is 0 Å². The zero-order chi connectivity index (χ0) is 18.7. The third-order valence-electron chi connectivity index (χ3n) is 4.01. The van der Waals surface area contributed by atoms with Gasteiger partial charge in [0.05, 0.1) is 10.6 Å². The first-order chi connectivity index (χ1) is 12.4. The van der Waals surface area contributed by atoms with Gasteiger partial charge in [-0.1, -0.05) is 60.7 Å². The van der Waals surface area contributed by atoms with E-state index in [9.17, 15) is 12.8 Å². The molecule has 0 saturated carbocycles. The Bertz CT molecular complexity index is 1040. The van der Waals surface area contributed by atoms with Crippen molar-refractivity contribution in [3.8, 4) is 0 Å². The van der Waals surface area contributed by atoms with Crippen LogP contribution in [-0.4, -0.2) is 8.42 Å². The van der Waals surface area contributed by atoms with Crippen LogP contribution in [-0.2, 0) is 10.0 Å². The third-order valence-corrected chi connectivity index (χ3v) is 5.39. The van der Waals surface area contributed by atoms with Crippen LogP contribution in [0.1, 0.15) is 16.7 Å². The molecule has 5 heteroatoms. The van der Waals surface area contributed by atoms with E-state index in [1.807, 2.05) is 25.1 Å². The summed E-state index contributed by atoms with van der Waals surface area (Å²) in [6.07, 6.45) is 0. The van der Waals surface area contributed by atoms with Gasteiger partial charge in [0, 0.05) is 5.56 Å². The van der Waals surface area contributed by atoms with Gasteiger partial charge in [0.25, 0.3) is 10.0 Å². The summed E-state index contributed by atoms with van der Waals surface area (Å²) in [6.45, 7) is 5.83. The lowest BCUT2D eigenvalue weighted by Gasteiger charge is -2.15. The van der Waals surface area contributed by atoms with Crippen molar-refractivity contribution in [2.45, 2.75) is 11.8 Å². The normalized spacial score (nSPS) is 11.2. The first kappa shape index (κ1) is 17.9. The van der Waals surface area contributed by atoms with Crippen LogP contribution in [0.5, 0.6) is 0 Å². The molecule has 0 aromatic heterocycles. The SMILES string of the molecule is C=C(c1ccccc1)c1c(F)cccc1NS(=O)(=O)c1ccc(C)cc1. The van der Waals surface area contributed by atoms with Crippen LogP contribution in [0, 0.1) is 12.7 Å². The molecule has 3 aromatic carbocycles. The van der Waals surface area contributed by atoms with E-state index in [0.29, 0.717) is 11.1 Å². The van der Waals surface area contributed by atoms with Gasteiger partial charge in [-0.05, 0) is 42.3 Å². The summed E-state index contributed by atoms with van der Waals surface area (Å²) in [4.78, 5) is 0.114. The van der Waals surface area contributed by atoms with Crippen molar-refractivity contribution in [3.63, 3.8) is 0 Å². The minimum atomic E-state index is -3.84. The molecule has 0 fully saturated rings. The molecule has 0 heterocycles. The zero-order valence-electron chi connectivity index (χ0n) is 14.2. The highest BCUT2D eigenvalue weighted by atomic mass is 32.2. The highest BCUT2D eigenvalue weighted by molar-refractivity contribution is 7.92. The molecule has 0 aliphatic carbocycles. The Morgan fingerprint density at radius 2 is 1.58 bits per heavy atom. The van der Waals surface area contributed by atoms with E-state index in [1.54, 1.807) is 24.3 Å². The summed E-state index contributed by atoms with van der Waals surface area (Å²) in [7, 11) is -3.84. The maximum absolute atomic E-state index is 14.5. The van der Waals surface area contributed by atoms with Crippen molar-refractivity contribution >= 4 is 21.3 Å². The number of aryl methyl sites for hydroxylation is 1. The second kappa shape index (κ2) is 7.14. The van der Waals surface area contributed by atoms with Gasteiger partial charge in [-0.3, -0.25) is 4.72 Å². The van der Waals surface area contributed by atoms with Crippen molar-refractivity contribution < 1.29 is 12.8 Å². The Hall–Kier alpha value is -2.92. The van der Waals surface area contributed by atoms with Crippen LogP contribution >= 0.6 is 0 Å². The molecule has 132 valence electrons. The standard InChI is InChI=1S/C21H18FNO2S/c1-15-11-13-18(14-12-15)26(24,25)23-20-10-6-9-19(22)21(20)16(2)17-7-4-3-5-8-17/h3-14,23H,2H2,1H3. The summed E-state index contributed by atoms with van der Waals surface area (Å²) >= 11 is 0. The van der Waals surface area contributed by atoms with Gasteiger partial charge in [-0.15, -0.1) is 0 Å². The lowest BCUT2D eigenvalue weighted by molar-refractivity contribution is 0.601. The van der Waals surface area contributed by atoms with Gasteiger partial charge in [0.1, 0.15) is 5.82 Å². The molecule has 0 bridgehead atoms. The van der Waals surface area contributed by atoms with Crippen molar-refractivity contribution in [2.24, 2.45) is 0 Å². The fourth-order valence-corrected chi connectivity index (χ4v) is 3.69. The number of sulfonamides is 1. The molecule has 0 atom stereocenters. The van der Waals surface area contributed by atoms with E-state index in [1.165, 1.54) is 30.3 Å². The van der Waals surface area contributed by atoms with Crippen LogP contribution in [0.3, 0.4) is 0 Å². The van der Waals surface area contributed by atoms with E-state index in [2.05, 4.69) is 11.3 Å². The highest BCUT2D eigenvalue weighted by Gasteiger charge is 2.19. The monoisotopic (exact) mass is 367 g/mol. The molecule has 26 heavy (non-hydrogen) atoms. The molecule has 0 spiro atoms. The van der Waals surface area contributed by atoms with Crippen LogP contribution < -0.4 is 4.72 Å².